The summed E-state index contributed by atoms with van der Waals surface area (Å²) < 4.78 is 0. The van der Waals surface area contributed by atoms with Crippen LogP contribution in [0.25, 0.3) is 0 Å². The molecule has 4 rings (SSSR count). The zero-order valence-electron chi connectivity index (χ0n) is 15.0. The molecule has 138 valence electrons. The summed E-state index contributed by atoms with van der Waals surface area (Å²) in [5.41, 5.74) is 3.94. The molecule has 2 aromatic rings. The van der Waals surface area contributed by atoms with Crippen molar-refractivity contribution in [1.29, 1.82) is 0 Å². The van der Waals surface area contributed by atoms with Gasteiger partial charge in [0.25, 0.3) is 0 Å². The molecule has 2 aromatic carbocycles. The van der Waals surface area contributed by atoms with Gasteiger partial charge in [-0.3, -0.25) is 0 Å². The number of carboxylic acid groups (broad SMARTS) is 1. The highest BCUT2D eigenvalue weighted by molar-refractivity contribution is 7.79. The Morgan fingerprint density at radius 2 is 1.85 bits per heavy atom. The number of fused-ring (bicyclic) bond motifs is 1. The van der Waals surface area contributed by atoms with E-state index in [1.54, 1.807) is 17.5 Å². The highest BCUT2D eigenvalue weighted by Crippen LogP contribution is 2.30. The molecule has 0 saturated heterocycles. The molecule has 2 unspecified atom stereocenters. The number of thiocarbonyl (C=S) groups is 1. The fourth-order valence-electron chi connectivity index (χ4n) is 4.11. The van der Waals surface area contributed by atoms with Gasteiger partial charge in [-0.05, 0) is 42.0 Å². The molecule has 1 aliphatic carbocycles. The van der Waals surface area contributed by atoms with E-state index in [1.165, 1.54) is 11.1 Å². The number of aryl methyl sites for hydroxylation is 1. The molecule has 1 N–H and O–H groups in total. The number of rotatable bonds is 5. The summed E-state index contributed by atoms with van der Waals surface area (Å²) in [4.78, 5) is 16.1. The number of nitrogens with zero attached hydrogens (tertiary/aromatic N) is 2. The summed E-state index contributed by atoms with van der Waals surface area (Å²) in [5.74, 6) is -0.920. The summed E-state index contributed by atoms with van der Waals surface area (Å²) in [6.45, 7) is 0.721. The molecule has 2 aliphatic rings. The first-order valence-electron chi connectivity index (χ1n) is 9.21. The lowest BCUT2D eigenvalue weighted by molar-refractivity contribution is 0.0694. The Kier molecular flexibility index (Phi) is 4.94. The zero-order chi connectivity index (χ0) is 18.8. The molecular weight excluding hydrogens is 356 g/mol. The van der Waals surface area contributed by atoms with Crippen LogP contribution in [0.15, 0.2) is 60.9 Å². The lowest BCUT2D eigenvalue weighted by atomic mass is 9.88. The van der Waals surface area contributed by atoms with Crippen molar-refractivity contribution in [2.45, 2.75) is 31.3 Å². The van der Waals surface area contributed by atoms with Crippen LogP contribution in [0.3, 0.4) is 0 Å². The number of carbonyl (C=O) groups is 1. The second-order valence-electron chi connectivity index (χ2n) is 7.11. The molecule has 27 heavy (non-hydrogen) atoms. The number of carboxylic acids is 1. The second-order valence-corrected chi connectivity index (χ2v) is 7.38. The summed E-state index contributed by atoms with van der Waals surface area (Å²) >= 11 is 5.27. The Morgan fingerprint density at radius 1 is 1.11 bits per heavy atom. The van der Waals surface area contributed by atoms with Gasteiger partial charge in [0.2, 0.25) is 0 Å². The normalized spacial score (nSPS) is 19.6. The Balaban J connectivity index is 1.50. The molecule has 5 heteroatoms. The van der Waals surface area contributed by atoms with Gasteiger partial charge in [0.1, 0.15) is 0 Å². The Labute approximate surface area is 164 Å². The molecule has 1 aliphatic heterocycles. The van der Waals surface area contributed by atoms with E-state index in [0.29, 0.717) is 11.6 Å². The number of aromatic carboxylic acids is 1. The van der Waals surface area contributed by atoms with E-state index in [2.05, 4.69) is 40.3 Å². The third-order valence-electron chi connectivity index (χ3n) is 5.56. The van der Waals surface area contributed by atoms with Crippen LogP contribution in [0.5, 0.6) is 0 Å². The van der Waals surface area contributed by atoms with Crippen molar-refractivity contribution >= 4 is 23.6 Å². The van der Waals surface area contributed by atoms with E-state index < -0.39 is 5.97 Å². The fraction of sp³-hybridized carbons (Fsp3) is 0.273. The third kappa shape index (κ3) is 3.47. The first-order chi connectivity index (χ1) is 13.2. The van der Waals surface area contributed by atoms with Crippen molar-refractivity contribution in [2.75, 3.05) is 6.67 Å². The first kappa shape index (κ1) is 17.7. The van der Waals surface area contributed by atoms with Crippen LogP contribution in [-0.2, 0) is 12.8 Å². The van der Waals surface area contributed by atoms with Crippen LogP contribution in [0, 0.1) is 0 Å². The van der Waals surface area contributed by atoms with E-state index in [0.717, 1.165) is 31.5 Å². The summed E-state index contributed by atoms with van der Waals surface area (Å²) in [5, 5.41) is 11.2. The van der Waals surface area contributed by atoms with Gasteiger partial charge in [0, 0.05) is 23.8 Å². The van der Waals surface area contributed by atoms with Gasteiger partial charge in [-0.25, -0.2) is 4.79 Å². The van der Waals surface area contributed by atoms with Crippen LogP contribution in [-0.4, -0.2) is 39.0 Å². The second kappa shape index (κ2) is 7.53. The molecular formula is C22H22N2O2S. The number of benzene rings is 2. The summed E-state index contributed by atoms with van der Waals surface area (Å²) in [6.07, 6.45) is 7.43. The Morgan fingerprint density at radius 3 is 2.63 bits per heavy atom. The summed E-state index contributed by atoms with van der Waals surface area (Å²) in [6, 6.07) is 16.0. The zero-order valence-corrected chi connectivity index (χ0v) is 15.8. The van der Waals surface area contributed by atoms with E-state index >= 15 is 0 Å². The third-order valence-corrected chi connectivity index (χ3v) is 5.82. The monoisotopic (exact) mass is 378 g/mol. The standard InChI is InChI=1S/C22H22N2O2S/c25-22(26)20-8-4-3-7-19(20)21(14-27)24-12-11-23(15-24)18-10-9-16-5-1-2-6-17(16)13-18/h1-8,11-12,14,18,21H,9-10,13,15H2,(H,25,26). The molecule has 0 radical (unpaired) electrons. The van der Waals surface area contributed by atoms with Crippen molar-refractivity contribution in [1.82, 2.24) is 9.80 Å². The quantitative estimate of drug-likeness (QED) is 0.796. The number of hydrogen-bond acceptors (Lipinski definition) is 4. The predicted octanol–water partition coefficient (Wildman–Crippen LogP) is 4.03. The Bertz CT molecular complexity index is 895. The smallest absolute Gasteiger partial charge is 0.336 e. The molecule has 0 bridgehead atoms. The van der Waals surface area contributed by atoms with E-state index in [1.807, 2.05) is 18.3 Å². The van der Waals surface area contributed by atoms with Gasteiger partial charge >= 0.3 is 5.97 Å². The molecule has 4 nitrogen and oxygen atoms in total. The van der Waals surface area contributed by atoms with E-state index in [-0.39, 0.29) is 6.04 Å². The maximum Gasteiger partial charge on any atom is 0.336 e. The predicted molar refractivity (Wildman–Crippen MR) is 110 cm³/mol. The highest BCUT2D eigenvalue weighted by Gasteiger charge is 2.29. The summed E-state index contributed by atoms with van der Waals surface area (Å²) in [7, 11) is 0. The van der Waals surface area contributed by atoms with Crippen LogP contribution >= 0.6 is 12.2 Å². The minimum Gasteiger partial charge on any atom is -0.478 e. The molecule has 0 aromatic heterocycles. The van der Waals surface area contributed by atoms with Gasteiger partial charge < -0.3 is 14.9 Å². The average Bonchev–Trinajstić information content (AvgIpc) is 3.18. The average molecular weight is 378 g/mol. The van der Waals surface area contributed by atoms with Crippen molar-refractivity contribution in [3.8, 4) is 0 Å². The fourth-order valence-corrected chi connectivity index (χ4v) is 4.42. The van der Waals surface area contributed by atoms with Crippen molar-refractivity contribution in [2.24, 2.45) is 0 Å². The lowest BCUT2D eigenvalue weighted by Crippen LogP contribution is -2.39. The lowest BCUT2D eigenvalue weighted by Gasteiger charge is -2.35. The van der Waals surface area contributed by atoms with Crippen LogP contribution in [0.1, 0.15) is 39.5 Å². The van der Waals surface area contributed by atoms with Crippen LogP contribution < -0.4 is 0 Å². The number of hydrogen-bond donors (Lipinski definition) is 1. The van der Waals surface area contributed by atoms with Gasteiger partial charge in [0.05, 0.1) is 18.3 Å². The van der Waals surface area contributed by atoms with Crippen LogP contribution in [0.2, 0.25) is 0 Å². The molecule has 0 fully saturated rings. The maximum atomic E-state index is 11.6. The Hall–Kier alpha value is -2.66. The minimum atomic E-state index is -0.920. The molecule has 0 amide bonds. The molecule has 1 heterocycles. The van der Waals surface area contributed by atoms with Gasteiger partial charge in [-0.1, -0.05) is 54.7 Å². The largest absolute Gasteiger partial charge is 0.478 e. The van der Waals surface area contributed by atoms with Crippen molar-refractivity contribution in [3.63, 3.8) is 0 Å². The molecule has 0 saturated carbocycles. The van der Waals surface area contributed by atoms with Gasteiger partial charge in [-0.2, -0.15) is 0 Å². The topological polar surface area (TPSA) is 43.8 Å². The highest BCUT2D eigenvalue weighted by atomic mass is 32.1. The van der Waals surface area contributed by atoms with E-state index in [4.69, 9.17) is 12.2 Å². The molecule has 2 atom stereocenters. The molecule has 0 spiro atoms. The van der Waals surface area contributed by atoms with Gasteiger partial charge in [0.15, 0.2) is 0 Å². The first-order valence-corrected chi connectivity index (χ1v) is 9.68. The SMILES string of the molecule is O=C(O)c1ccccc1C(C=S)N1C=CN(C2CCc3ccccc3C2)C1. The van der Waals surface area contributed by atoms with Crippen LogP contribution in [0.4, 0.5) is 0 Å². The van der Waals surface area contributed by atoms with Crippen molar-refractivity contribution < 1.29 is 9.90 Å². The minimum absolute atomic E-state index is 0.232. The van der Waals surface area contributed by atoms with E-state index in [9.17, 15) is 9.90 Å². The van der Waals surface area contributed by atoms with Gasteiger partial charge in [-0.15, -0.1) is 0 Å². The van der Waals surface area contributed by atoms with Crippen molar-refractivity contribution in [3.05, 3.63) is 83.2 Å². The maximum absolute atomic E-state index is 11.6.